The summed E-state index contributed by atoms with van der Waals surface area (Å²) in [5, 5.41) is 7.42. The summed E-state index contributed by atoms with van der Waals surface area (Å²) in [4.78, 5) is 10.9. The van der Waals surface area contributed by atoms with E-state index in [9.17, 15) is 4.79 Å². The van der Waals surface area contributed by atoms with Gasteiger partial charge in [0.25, 0.3) is 0 Å². The van der Waals surface area contributed by atoms with Crippen LogP contribution in [0.1, 0.15) is 31.6 Å². The van der Waals surface area contributed by atoms with E-state index < -0.39 is 11.9 Å². The van der Waals surface area contributed by atoms with Crippen LogP contribution in [-0.4, -0.2) is 20.9 Å². The largest absolute Gasteiger partial charge is 0.368 e. The third kappa shape index (κ3) is 1.83. The number of carbonyl (C=O) groups excluding carboxylic acids is 1. The highest BCUT2D eigenvalue weighted by Gasteiger charge is 2.17. The third-order valence-electron chi connectivity index (χ3n) is 1.85. The molecule has 6 nitrogen and oxygen atoms in total. The van der Waals surface area contributed by atoms with Crippen LogP contribution in [0.4, 0.5) is 0 Å². The molecule has 1 aromatic rings. The van der Waals surface area contributed by atoms with Crippen molar-refractivity contribution in [1.82, 2.24) is 15.0 Å². The standard InChI is InChI=1S/C7H13N5O/c1-4(8)6-3-10-11-12(6)5(2)7(9)13/h3-5H,8H2,1-2H3,(H2,9,13). The fraction of sp³-hybridized carbons (Fsp3) is 0.571. The SMILES string of the molecule is CC(N)c1cnnn1C(C)C(N)=O. The van der Waals surface area contributed by atoms with Gasteiger partial charge in [-0.3, -0.25) is 4.79 Å². The Morgan fingerprint density at radius 1 is 1.62 bits per heavy atom. The quantitative estimate of drug-likeness (QED) is 0.649. The minimum Gasteiger partial charge on any atom is -0.368 e. The molecule has 1 rings (SSSR count). The zero-order valence-corrected chi connectivity index (χ0v) is 7.64. The normalized spacial score (nSPS) is 15.3. The highest BCUT2D eigenvalue weighted by molar-refractivity contribution is 5.77. The van der Waals surface area contributed by atoms with Crippen LogP contribution in [0.3, 0.4) is 0 Å². The van der Waals surface area contributed by atoms with Crippen molar-refractivity contribution in [2.75, 3.05) is 0 Å². The number of nitrogens with zero attached hydrogens (tertiary/aromatic N) is 3. The summed E-state index contributed by atoms with van der Waals surface area (Å²) < 4.78 is 1.44. The molecule has 0 spiro atoms. The van der Waals surface area contributed by atoms with E-state index in [1.165, 1.54) is 10.9 Å². The van der Waals surface area contributed by atoms with E-state index in [-0.39, 0.29) is 6.04 Å². The molecule has 0 bridgehead atoms. The minimum absolute atomic E-state index is 0.211. The first-order valence-electron chi connectivity index (χ1n) is 3.99. The minimum atomic E-state index is -0.511. The second kappa shape index (κ2) is 3.53. The van der Waals surface area contributed by atoms with Gasteiger partial charge in [-0.15, -0.1) is 5.10 Å². The van der Waals surface area contributed by atoms with Gasteiger partial charge >= 0.3 is 0 Å². The Hall–Kier alpha value is -1.43. The van der Waals surface area contributed by atoms with Gasteiger partial charge in [-0.2, -0.15) is 0 Å². The molecule has 13 heavy (non-hydrogen) atoms. The van der Waals surface area contributed by atoms with Crippen LogP contribution >= 0.6 is 0 Å². The Bertz CT molecular complexity index is 306. The van der Waals surface area contributed by atoms with Gasteiger partial charge in [0.1, 0.15) is 6.04 Å². The number of amides is 1. The van der Waals surface area contributed by atoms with Crippen LogP contribution in [0.25, 0.3) is 0 Å². The second-order valence-corrected chi connectivity index (χ2v) is 2.97. The van der Waals surface area contributed by atoms with Crippen LogP contribution in [0.5, 0.6) is 0 Å². The maximum absolute atomic E-state index is 10.9. The molecule has 0 saturated heterocycles. The van der Waals surface area contributed by atoms with Crippen LogP contribution in [0.15, 0.2) is 6.20 Å². The maximum Gasteiger partial charge on any atom is 0.242 e. The Labute approximate surface area is 75.9 Å². The average Bonchev–Trinajstić information content (AvgIpc) is 2.50. The van der Waals surface area contributed by atoms with E-state index in [0.29, 0.717) is 5.69 Å². The molecule has 2 atom stereocenters. The van der Waals surface area contributed by atoms with Crippen LogP contribution in [-0.2, 0) is 4.79 Å². The fourth-order valence-electron chi connectivity index (χ4n) is 0.999. The lowest BCUT2D eigenvalue weighted by molar-refractivity contribution is -0.121. The molecule has 1 heterocycles. The molecule has 0 aliphatic heterocycles. The molecule has 2 unspecified atom stereocenters. The number of aromatic nitrogens is 3. The predicted octanol–water partition coefficient (Wildman–Crippen LogP) is -0.656. The summed E-state index contributed by atoms with van der Waals surface area (Å²) in [6.45, 7) is 3.45. The van der Waals surface area contributed by atoms with Crippen molar-refractivity contribution < 1.29 is 4.79 Å². The number of carbonyl (C=O) groups is 1. The number of primary amides is 1. The van der Waals surface area contributed by atoms with Crippen LogP contribution in [0.2, 0.25) is 0 Å². The average molecular weight is 183 g/mol. The molecular formula is C7H13N5O. The molecule has 0 fully saturated rings. The van der Waals surface area contributed by atoms with Gasteiger partial charge in [-0.05, 0) is 13.8 Å². The lowest BCUT2D eigenvalue weighted by Gasteiger charge is -2.12. The Morgan fingerprint density at radius 2 is 2.23 bits per heavy atom. The summed E-state index contributed by atoms with van der Waals surface area (Å²) in [5.41, 5.74) is 11.5. The van der Waals surface area contributed by atoms with Crippen LogP contribution in [0, 0.1) is 0 Å². The Kier molecular flexibility index (Phi) is 2.62. The van der Waals surface area contributed by atoms with Crippen molar-refractivity contribution in [3.63, 3.8) is 0 Å². The monoisotopic (exact) mass is 183 g/mol. The van der Waals surface area contributed by atoms with Crippen molar-refractivity contribution in [3.8, 4) is 0 Å². The molecule has 4 N–H and O–H groups in total. The summed E-state index contributed by atoms with van der Waals surface area (Å²) >= 11 is 0. The first kappa shape index (κ1) is 9.66. The van der Waals surface area contributed by atoms with E-state index in [2.05, 4.69) is 10.3 Å². The summed E-state index contributed by atoms with van der Waals surface area (Å²) in [6.07, 6.45) is 1.53. The molecule has 0 aromatic carbocycles. The van der Waals surface area contributed by atoms with Gasteiger partial charge < -0.3 is 11.5 Å². The first-order chi connectivity index (χ1) is 6.04. The zero-order chi connectivity index (χ0) is 10.0. The highest BCUT2D eigenvalue weighted by Crippen LogP contribution is 2.12. The summed E-state index contributed by atoms with van der Waals surface area (Å²) in [5.74, 6) is -0.451. The molecule has 72 valence electrons. The van der Waals surface area contributed by atoms with Gasteiger partial charge in [0.2, 0.25) is 5.91 Å². The lowest BCUT2D eigenvalue weighted by Crippen LogP contribution is -2.27. The number of nitrogens with two attached hydrogens (primary N) is 2. The first-order valence-corrected chi connectivity index (χ1v) is 3.99. The van der Waals surface area contributed by atoms with Crippen molar-refractivity contribution >= 4 is 5.91 Å². The van der Waals surface area contributed by atoms with E-state index in [0.717, 1.165) is 0 Å². The molecule has 0 aliphatic rings. The number of hydrogen-bond donors (Lipinski definition) is 2. The molecule has 0 aliphatic carbocycles. The van der Waals surface area contributed by atoms with E-state index in [1.807, 2.05) is 0 Å². The predicted molar refractivity (Wildman–Crippen MR) is 46.5 cm³/mol. The van der Waals surface area contributed by atoms with Gasteiger partial charge in [-0.1, -0.05) is 5.21 Å². The third-order valence-corrected chi connectivity index (χ3v) is 1.85. The van der Waals surface area contributed by atoms with Gasteiger partial charge in [0.05, 0.1) is 11.9 Å². The summed E-state index contributed by atoms with van der Waals surface area (Å²) in [7, 11) is 0. The fourth-order valence-corrected chi connectivity index (χ4v) is 0.999. The van der Waals surface area contributed by atoms with Crippen molar-refractivity contribution in [3.05, 3.63) is 11.9 Å². The molecule has 1 amide bonds. The summed E-state index contributed by atoms with van der Waals surface area (Å²) in [6, 6.07) is -0.722. The smallest absolute Gasteiger partial charge is 0.242 e. The van der Waals surface area contributed by atoms with Crippen LogP contribution < -0.4 is 11.5 Å². The molecular weight excluding hydrogens is 170 g/mol. The van der Waals surface area contributed by atoms with E-state index >= 15 is 0 Å². The molecule has 6 heteroatoms. The number of rotatable bonds is 3. The molecule has 0 radical (unpaired) electrons. The van der Waals surface area contributed by atoms with Gasteiger partial charge in [-0.25, -0.2) is 4.68 Å². The van der Waals surface area contributed by atoms with E-state index in [1.54, 1.807) is 13.8 Å². The lowest BCUT2D eigenvalue weighted by atomic mass is 10.2. The van der Waals surface area contributed by atoms with E-state index in [4.69, 9.17) is 11.5 Å². The maximum atomic E-state index is 10.9. The topological polar surface area (TPSA) is 99.8 Å². The van der Waals surface area contributed by atoms with Crippen molar-refractivity contribution in [2.24, 2.45) is 11.5 Å². The Balaban J connectivity index is 3.00. The number of hydrogen-bond acceptors (Lipinski definition) is 4. The zero-order valence-electron chi connectivity index (χ0n) is 7.64. The van der Waals surface area contributed by atoms with Gasteiger partial charge in [0.15, 0.2) is 0 Å². The second-order valence-electron chi connectivity index (χ2n) is 2.97. The van der Waals surface area contributed by atoms with Crippen molar-refractivity contribution in [1.29, 1.82) is 0 Å². The molecule has 1 aromatic heterocycles. The highest BCUT2D eigenvalue weighted by atomic mass is 16.1. The van der Waals surface area contributed by atoms with Crippen molar-refractivity contribution in [2.45, 2.75) is 25.9 Å². The van der Waals surface area contributed by atoms with Gasteiger partial charge in [0, 0.05) is 6.04 Å². The molecule has 0 saturated carbocycles. The Morgan fingerprint density at radius 3 is 2.69 bits per heavy atom.